The Morgan fingerprint density at radius 1 is 0.333 bits per heavy atom. The Kier molecular flexibility index (Phi) is 4.57. The van der Waals surface area contributed by atoms with Crippen molar-refractivity contribution >= 4 is 33.9 Å². The van der Waals surface area contributed by atoms with Crippen molar-refractivity contribution in [3.05, 3.63) is 186 Å². The maximum atomic E-state index is 2.47. The Balaban J connectivity index is 1.10. The van der Waals surface area contributed by atoms with E-state index in [1.165, 1.54) is 105 Å². The molecule has 0 nitrogen and oxygen atoms in total. The summed E-state index contributed by atoms with van der Waals surface area (Å²) in [6.45, 7) is 0.217. The summed E-state index contributed by atoms with van der Waals surface area (Å²) in [7, 11) is 0. The van der Waals surface area contributed by atoms with Crippen molar-refractivity contribution in [2.75, 3.05) is 0 Å². The summed E-state index contributed by atoms with van der Waals surface area (Å²) in [5.41, 5.74) is 23.0. The highest BCUT2D eigenvalue weighted by molar-refractivity contribution is 7.00. The maximum absolute atomic E-state index is 2.47. The summed E-state index contributed by atoms with van der Waals surface area (Å²) in [5.74, 6) is 0. The third kappa shape index (κ3) is 2.83. The third-order valence-corrected chi connectivity index (χ3v) is 11.9. The fourth-order valence-corrected chi connectivity index (χ4v) is 10.2. The summed E-state index contributed by atoms with van der Waals surface area (Å²) in [5, 5.41) is 2.70. The van der Waals surface area contributed by atoms with Gasteiger partial charge in [-0.25, -0.2) is 0 Å². The third-order valence-electron chi connectivity index (χ3n) is 11.9. The predicted octanol–water partition coefficient (Wildman–Crippen LogP) is 9.33. The summed E-state index contributed by atoms with van der Waals surface area (Å²) >= 11 is 0. The van der Waals surface area contributed by atoms with E-state index in [4.69, 9.17) is 0 Å². The number of benzene rings is 8. The first-order valence-corrected chi connectivity index (χ1v) is 17.1. The monoisotopic (exact) mass is 602 g/mol. The zero-order valence-electron chi connectivity index (χ0n) is 26.2. The maximum Gasteiger partial charge on any atom is 0.243 e. The molecule has 0 aromatic heterocycles. The van der Waals surface area contributed by atoms with Gasteiger partial charge in [0.05, 0.1) is 5.41 Å². The van der Waals surface area contributed by atoms with E-state index in [1.54, 1.807) is 0 Å². The molecule has 218 valence electrons. The first-order valence-electron chi connectivity index (χ1n) is 17.1. The predicted molar refractivity (Wildman–Crippen MR) is 201 cm³/mol. The van der Waals surface area contributed by atoms with Gasteiger partial charge in [-0.2, -0.15) is 0 Å². The van der Waals surface area contributed by atoms with Gasteiger partial charge in [-0.3, -0.25) is 0 Å². The minimum atomic E-state index is -0.341. The van der Waals surface area contributed by atoms with E-state index >= 15 is 0 Å². The molecule has 8 aromatic rings. The van der Waals surface area contributed by atoms with E-state index in [2.05, 4.69) is 164 Å². The minimum Gasteiger partial charge on any atom is -0.0666 e. The zero-order valence-corrected chi connectivity index (χ0v) is 26.2. The van der Waals surface area contributed by atoms with Crippen molar-refractivity contribution in [1.82, 2.24) is 0 Å². The standard InChI is InChI=1S/C47H27B/c1-3-17-39-32(12-1)33-13-2-4-18-40(33)47(39)41-19-5-6-21-44(41)48-43-25-23-30(27-38(43)36-16-9-20-42(47)46(36)48)29-22-24-31-34-14-7-10-28-11-8-15-35(45(28)34)37(31)26-29/h1-27H. The smallest absolute Gasteiger partial charge is 0.0666 e. The van der Waals surface area contributed by atoms with Crippen LogP contribution in [0.3, 0.4) is 0 Å². The first-order chi connectivity index (χ1) is 23.8. The lowest BCUT2D eigenvalue weighted by Crippen LogP contribution is -2.59. The summed E-state index contributed by atoms with van der Waals surface area (Å²) in [6.07, 6.45) is 0. The van der Waals surface area contributed by atoms with Crippen molar-refractivity contribution in [2.45, 2.75) is 5.41 Å². The molecular weight excluding hydrogens is 575 g/mol. The number of hydrogen-bond acceptors (Lipinski definition) is 0. The van der Waals surface area contributed by atoms with E-state index in [-0.39, 0.29) is 12.1 Å². The molecule has 2 heterocycles. The molecule has 0 unspecified atom stereocenters. The number of hydrogen-bond donors (Lipinski definition) is 0. The normalized spacial score (nSPS) is 14.4. The van der Waals surface area contributed by atoms with Crippen LogP contribution in [0.25, 0.3) is 66.4 Å². The number of rotatable bonds is 1. The van der Waals surface area contributed by atoms with E-state index in [9.17, 15) is 0 Å². The van der Waals surface area contributed by atoms with Crippen LogP contribution in [-0.4, -0.2) is 6.71 Å². The van der Waals surface area contributed by atoms with Crippen LogP contribution in [0, 0.1) is 0 Å². The van der Waals surface area contributed by atoms with Gasteiger partial charge in [0.2, 0.25) is 6.71 Å². The lowest BCUT2D eigenvalue weighted by atomic mass is 9.32. The Bertz CT molecular complexity index is 2700. The summed E-state index contributed by atoms with van der Waals surface area (Å²) in [4.78, 5) is 0. The average molecular weight is 603 g/mol. The highest BCUT2D eigenvalue weighted by Gasteiger charge is 2.54. The van der Waals surface area contributed by atoms with Crippen LogP contribution >= 0.6 is 0 Å². The van der Waals surface area contributed by atoms with Crippen molar-refractivity contribution in [3.63, 3.8) is 0 Å². The fourth-order valence-electron chi connectivity index (χ4n) is 10.2. The molecule has 0 saturated heterocycles. The molecule has 0 amide bonds. The van der Waals surface area contributed by atoms with Gasteiger partial charge in [0, 0.05) is 0 Å². The van der Waals surface area contributed by atoms with Gasteiger partial charge < -0.3 is 0 Å². The Hall–Kier alpha value is -5.92. The van der Waals surface area contributed by atoms with Gasteiger partial charge >= 0.3 is 0 Å². The molecule has 0 atom stereocenters. The molecule has 2 aliphatic heterocycles. The fraction of sp³-hybridized carbons (Fsp3) is 0.0213. The van der Waals surface area contributed by atoms with Crippen LogP contribution in [0.4, 0.5) is 0 Å². The van der Waals surface area contributed by atoms with Gasteiger partial charge in [0.1, 0.15) is 0 Å². The van der Waals surface area contributed by atoms with E-state index in [0.717, 1.165) is 0 Å². The van der Waals surface area contributed by atoms with Gasteiger partial charge in [0.15, 0.2) is 0 Å². The molecule has 0 bridgehead atoms. The average Bonchev–Trinajstić information content (AvgIpc) is 3.77. The molecular formula is C47H27B. The van der Waals surface area contributed by atoms with Crippen molar-refractivity contribution in [3.8, 4) is 55.6 Å². The van der Waals surface area contributed by atoms with Crippen LogP contribution in [0.15, 0.2) is 164 Å². The molecule has 0 radical (unpaired) electrons. The van der Waals surface area contributed by atoms with E-state index in [1.807, 2.05) is 0 Å². The van der Waals surface area contributed by atoms with E-state index < -0.39 is 0 Å². The van der Waals surface area contributed by atoms with Crippen LogP contribution in [0.1, 0.15) is 22.3 Å². The lowest BCUT2D eigenvalue weighted by molar-refractivity contribution is 0.775. The second-order valence-corrected chi connectivity index (χ2v) is 13.9. The highest BCUT2D eigenvalue weighted by Crippen LogP contribution is 2.57. The van der Waals surface area contributed by atoms with Crippen LogP contribution in [0.2, 0.25) is 0 Å². The second kappa shape index (κ2) is 8.70. The molecule has 48 heavy (non-hydrogen) atoms. The van der Waals surface area contributed by atoms with Gasteiger partial charge in [0.25, 0.3) is 0 Å². The molecule has 0 saturated carbocycles. The molecule has 8 aromatic carbocycles. The topological polar surface area (TPSA) is 0 Å². The molecule has 12 rings (SSSR count). The van der Waals surface area contributed by atoms with Crippen molar-refractivity contribution in [2.24, 2.45) is 0 Å². The summed E-state index contributed by atoms with van der Waals surface area (Å²) < 4.78 is 0. The van der Waals surface area contributed by atoms with Gasteiger partial charge in [-0.15, -0.1) is 0 Å². The van der Waals surface area contributed by atoms with Crippen LogP contribution < -0.4 is 16.4 Å². The number of fused-ring (bicyclic) bond motifs is 15. The quantitative estimate of drug-likeness (QED) is 0.164. The minimum absolute atomic E-state index is 0.217. The molecule has 4 aliphatic rings. The molecule has 2 aliphatic carbocycles. The highest BCUT2D eigenvalue weighted by atomic mass is 14.5. The van der Waals surface area contributed by atoms with Crippen molar-refractivity contribution in [1.29, 1.82) is 0 Å². The zero-order chi connectivity index (χ0) is 31.1. The molecule has 0 N–H and O–H groups in total. The van der Waals surface area contributed by atoms with Gasteiger partial charge in [-0.05, 0) is 101 Å². The largest absolute Gasteiger partial charge is 0.243 e. The van der Waals surface area contributed by atoms with Crippen LogP contribution in [-0.2, 0) is 5.41 Å². The lowest BCUT2D eigenvalue weighted by Gasteiger charge is -2.42. The SMILES string of the molecule is c1ccc2c(c1)B1c3ccc(-c4ccc5c(c4)-c4cccc6cccc-5c46)cc3-c3cccc(c31)C21c2ccccc2-c2ccccc21. The van der Waals surface area contributed by atoms with E-state index in [0.29, 0.717) is 0 Å². The van der Waals surface area contributed by atoms with Crippen LogP contribution in [0.5, 0.6) is 0 Å². The van der Waals surface area contributed by atoms with Gasteiger partial charge in [-0.1, -0.05) is 168 Å². The first kappa shape index (κ1) is 25.2. The van der Waals surface area contributed by atoms with Crippen molar-refractivity contribution < 1.29 is 0 Å². The summed E-state index contributed by atoms with van der Waals surface area (Å²) in [6, 6.07) is 62.3. The Morgan fingerprint density at radius 2 is 0.896 bits per heavy atom. The Labute approximate surface area is 280 Å². The molecule has 1 heteroatoms. The molecule has 0 fully saturated rings. The second-order valence-electron chi connectivity index (χ2n) is 13.9. The Morgan fingerprint density at radius 3 is 1.67 bits per heavy atom. The molecule has 1 spiro atoms.